The molecule has 0 fully saturated rings. The molecule has 0 aliphatic heterocycles. The minimum absolute atomic E-state index is 0. The molecule has 4 nitrogen and oxygen atoms in total. The van der Waals surface area contributed by atoms with Crippen molar-refractivity contribution in [3.05, 3.63) is 176 Å². The van der Waals surface area contributed by atoms with Gasteiger partial charge in [-0.3, -0.25) is 33.2 Å². The minimum Gasteiger partial charge on any atom is -0.374 e. The van der Waals surface area contributed by atoms with Crippen LogP contribution in [0.1, 0.15) is 0 Å². The molecule has 0 aliphatic carbocycles. The first kappa shape index (κ1) is 40.8. The van der Waals surface area contributed by atoms with Crippen LogP contribution in [0.25, 0.3) is 72.2 Å². The summed E-state index contributed by atoms with van der Waals surface area (Å²) >= 11 is 0. The number of fused-ring (bicyclic) bond motifs is 4. The molecule has 2 aromatic heterocycles. The number of aromatic nitrogens is 4. The second-order valence-electron chi connectivity index (χ2n) is 13.4. The van der Waals surface area contributed by atoms with Crippen molar-refractivity contribution >= 4 is 54.3 Å². The van der Waals surface area contributed by atoms with E-state index in [4.69, 9.17) is 4.98 Å². The SMILES string of the molecule is C[Si](C)(C)c1cnc(-c2[c-]cccc2)nc1.[B].[Ir].[Y].[c-]1ccc(-c2[c-]cc3c(ccc4ccccc43)c2)[c-]c1-c1nc2ccccc2n1-c1ccccc1. The van der Waals surface area contributed by atoms with Gasteiger partial charge in [0, 0.05) is 79.3 Å². The predicted molar refractivity (Wildman–Crippen MR) is 218 cm³/mol. The number of para-hydroxylation sites is 3. The van der Waals surface area contributed by atoms with E-state index in [2.05, 4.69) is 125 Å². The maximum absolute atomic E-state index is 4.97. The average Bonchev–Trinajstić information content (AvgIpc) is 3.58. The Morgan fingerprint density at radius 3 is 2.07 bits per heavy atom. The van der Waals surface area contributed by atoms with Crippen molar-refractivity contribution in [2.75, 3.05) is 0 Å². The third-order valence-electron chi connectivity index (χ3n) is 8.97. The number of hydrogen-bond donors (Lipinski definition) is 0. The van der Waals surface area contributed by atoms with Gasteiger partial charge in [-0.05, 0) is 40.7 Å². The summed E-state index contributed by atoms with van der Waals surface area (Å²) in [6.45, 7) is 6.88. The second-order valence-corrected chi connectivity index (χ2v) is 18.5. The quantitative estimate of drug-likeness (QED) is 0.0981. The Hall–Kier alpha value is -4.35. The number of hydrogen-bond acceptors (Lipinski definition) is 3. The molecule has 7 aromatic carbocycles. The minimum atomic E-state index is -1.29. The van der Waals surface area contributed by atoms with Gasteiger partial charge in [0.15, 0.2) is 0 Å². The molecule has 261 valence electrons. The molecule has 0 saturated carbocycles. The van der Waals surface area contributed by atoms with E-state index in [-0.39, 0.29) is 61.2 Å². The van der Waals surface area contributed by atoms with Crippen LogP contribution < -0.4 is 5.19 Å². The van der Waals surface area contributed by atoms with Gasteiger partial charge in [0.05, 0.1) is 24.9 Å². The topological polar surface area (TPSA) is 43.6 Å². The Labute approximate surface area is 359 Å². The van der Waals surface area contributed by atoms with Crippen LogP contribution in [0.2, 0.25) is 19.6 Å². The maximum atomic E-state index is 4.97. The van der Waals surface area contributed by atoms with Crippen LogP contribution in [-0.2, 0) is 52.8 Å². The van der Waals surface area contributed by atoms with Crippen LogP contribution in [-0.4, -0.2) is 36.0 Å². The summed E-state index contributed by atoms with van der Waals surface area (Å²) in [7, 11) is -1.29. The molecule has 0 bridgehead atoms. The molecular weight excluding hydrogens is 929 g/mol. The van der Waals surface area contributed by atoms with Crippen LogP contribution >= 0.6 is 0 Å². The van der Waals surface area contributed by atoms with Gasteiger partial charge in [0.2, 0.25) is 0 Å². The number of imidazole rings is 1. The van der Waals surface area contributed by atoms with Crippen LogP contribution in [0.3, 0.4) is 0 Å². The van der Waals surface area contributed by atoms with Gasteiger partial charge in [-0.25, -0.2) is 6.07 Å². The third kappa shape index (κ3) is 8.62. The van der Waals surface area contributed by atoms with E-state index in [0.29, 0.717) is 0 Å². The predicted octanol–water partition coefficient (Wildman–Crippen LogP) is 10.2. The van der Waals surface area contributed by atoms with Crippen molar-refractivity contribution in [2.24, 2.45) is 0 Å². The first-order valence-corrected chi connectivity index (χ1v) is 20.5. The molecule has 54 heavy (non-hydrogen) atoms. The molecule has 0 atom stereocenters. The van der Waals surface area contributed by atoms with Crippen LogP contribution in [0, 0.1) is 24.3 Å². The fourth-order valence-electron chi connectivity index (χ4n) is 6.22. The van der Waals surface area contributed by atoms with Crippen molar-refractivity contribution in [3.8, 4) is 39.6 Å². The Morgan fingerprint density at radius 1 is 0.611 bits per heavy atom. The third-order valence-corrected chi connectivity index (χ3v) is 11.0. The van der Waals surface area contributed by atoms with E-state index >= 15 is 0 Å². The summed E-state index contributed by atoms with van der Waals surface area (Å²) in [5, 5.41) is 6.17. The first-order chi connectivity index (χ1) is 24.9. The normalized spacial score (nSPS) is 10.8. The van der Waals surface area contributed by atoms with Gasteiger partial charge < -0.3 is 15.6 Å². The molecule has 0 N–H and O–H groups in total. The Morgan fingerprint density at radius 2 is 1.31 bits per heavy atom. The van der Waals surface area contributed by atoms with Crippen molar-refractivity contribution in [1.82, 2.24) is 19.5 Å². The summed E-state index contributed by atoms with van der Waals surface area (Å²) in [5.74, 6) is 1.58. The van der Waals surface area contributed by atoms with Crippen molar-refractivity contribution < 1.29 is 52.8 Å². The van der Waals surface area contributed by atoms with Gasteiger partial charge in [0.1, 0.15) is 0 Å². The molecule has 0 amide bonds. The van der Waals surface area contributed by atoms with Gasteiger partial charge in [-0.1, -0.05) is 97.1 Å². The van der Waals surface area contributed by atoms with Gasteiger partial charge in [0.25, 0.3) is 0 Å². The molecule has 9 aromatic rings. The van der Waals surface area contributed by atoms with Crippen molar-refractivity contribution in [3.63, 3.8) is 0 Å². The average molecular weight is 963 g/mol. The Kier molecular flexibility index (Phi) is 13.5. The summed E-state index contributed by atoms with van der Waals surface area (Å²) in [4.78, 5) is 13.8. The van der Waals surface area contributed by atoms with Gasteiger partial charge >= 0.3 is 0 Å². The van der Waals surface area contributed by atoms with Crippen molar-refractivity contribution in [2.45, 2.75) is 19.6 Å². The van der Waals surface area contributed by atoms with Crippen LogP contribution in [0.15, 0.2) is 152 Å². The van der Waals surface area contributed by atoms with Crippen LogP contribution in [0.4, 0.5) is 0 Å². The van der Waals surface area contributed by atoms with Gasteiger partial charge in [-0.15, -0.1) is 59.5 Å². The molecule has 2 heterocycles. The zero-order valence-electron chi connectivity index (χ0n) is 30.2. The zero-order valence-corrected chi connectivity index (χ0v) is 36.4. The molecule has 8 heteroatoms. The number of rotatable bonds is 5. The van der Waals surface area contributed by atoms with E-state index in [1.54, 1.807) is 0 Å². The molecule has 0 saturated heterocycles. The van der Waals surface area contributed by atoms with E-state index in [9.17, 15) is 0 Å². The zero-order chi connectivity index (χ0) is 34.8. The fraction of sp³-hybridized carbons (Fsp3) is 0.0652. The maximum Gasteiger partial charge on any atom is 0.0815 e. The molecule has 0 spiro atoms. The fourth-order valence-corrected chi connectivity index (χ4v) is 7.12. The molecule has 5 radical (unpaired) electrons. The second kappa shape index (κ2) is 17.9. The number of nitrogens with zero attached hydrogens (tertiary/aromatic N) is 4. The smallest absolute Gasteiger partial charge is 0.0815 e. The van der Waals surface area contributed by atoms with E-state index in [1.807, 2.05) is 85.2 Å². The Balaban J connectivity index is 0.000000252. The van der Waals surface area contributed by atoms with Crippen molar-refractivity contribution in [1.29, 1.82) is 0 Å². The first-order valence-electron chi connectivity index (χ1n) is 17.0. The largest absolute Gasteiger partial charge is 0.374 e. The monoisotopic (exact) mass is 963 g/mol. The summed E-state index contributed by atoms with van der Waals surface area (Å²) < 4.78 is 2.18. The summed E-state index contributed by atoms with van der Waals surface area (Å²) in [5.41, 5.74) is 6.82. The molecular formula is C46H34BIrN4SiY-4. The van der Waals surface area contributed by atoms with Crippen LogP contribution in [0.5, 0.6) is 0 Å². The van der Waals surface area contributed by atoms with E-state index < -0.39 is 8.07 Å². The molecule has 0 unspecified atom stereocenters. The number of benzene rings is 7. The Bertz CT molecular complexity index is 2630. The standard InChI is InChI=1S/C33H19N2.C13H15N2Si.B.Ir.Y/c1-2-12-28(13-3-1)35-32-16-7-6-15-31(32)34-33(35)27-11-8-10-24(22-27)25-19-20-30-26(21-25)18-17-23-9-4-5-14-29(23)30;1-16(2,3)12-9-14-13(15-10-12)11-7-5-4-6-8-11;;;/h1-10,12-18,20-21H;4-7,9-10H,1-3H3;;;/q-3;-1;;;. The summed E-state index contributed by atoms with van der Waals surface area (Å²) in [6, 6.07) is 61.0. The van der Waals surface area contributed by atoms with Gasteiger partial charge in [-0.2, -0.15) is 5.56 Å². The molecule has 0 aliphatic rings. The van der Waals surface area contributed by atoms with E-state index in [1.165, 1.54) is 26.7 Å². The van der Waals surface area contributed by atoms with E-state index in [0.717, 1.165) is 50.6 Å². The summed E-state index contributed by atoms with van der Waals surface area (Å²) in [6.07, 6.45) is 3.91. The molecule has 9 rings (SSSR count).